The predicted octanol–water partition coefficient (Wildman–Crippen LogP) is 2.73. The molecule has 0 spiro atoms. The number of aromatic carboxylic acids is 1. The Hall–Kier alpha value is -1.35. The van der Waals surface area contributed by atoms with E-state index in [-0.39, 0.29) is 0 Å². The number of likely N-dealkylation sites (tertiary alicyclic amines) is 1. The molecule has 1 heterocycles. The Morgan fingerprint density at radius 3 is 2.50 bits per heavy atom. The molecule has 0 aromatic heterocycles. The van der Waals surface area contributed by atoms with E-state index in [1.54, 1.807) is 12.1 Å². The molecule has 1 unspecified atom stereocenters. The Morgan fingerprint density at radius 2 is 1.89 bits per heavy atom. The van der Waals surface area contributed by atoms with Gasteiger partial charge in [0.1, 0.15) is 0 Å². The second-order valence-electron chi connectivity index (χ2n) is 5.49. The maximum atomic E-state index is 10.8. The molecule has 1 aromatic carbocycles. The van der Waals surface area contributed by atoms with E-state index in [9.17, 15) is 4.79 Å². The summed E-state index contributed by atoms with van der Waals surface area (Å²) in [6.45, 7) is 2.39. The zero-order chi connectivity index (χ0) is 12.5. The third kappa shape index (κ3) is 2.41. The Balaban J connectivity index is 1.71. The van der Waals surface area contributed by atoms with Crippen molar-refractivity contribution in [2.45, 2.75) is 37.6 Å². The molecule has 0 bridgehead atoms. The predicted molar refractivity (Wildman–Crippen MR) is 70.0 cm³/mol. The van der Waals surface area contributed by atoms with Gasteiger partial charge in [-0.15, -0.1) is 0 Å². The molecule has 2 aliphatic rings. The smallest absolute Gasteiger partial charge is 0.335 e. The quantitative estimate of drug-likeness (QED) is 0.890. The fourth-order valence-electron chi connectivity index (χ4n) is 2.95. The Morgan fingerprint density at radius 1 is 1.17 bits per heavy atom. The van der Waals surface area contributed by atoms with Gasteiger partial charge in [0.25, 0.3) is 0 Å². The van der Waals surface area contributed by atoms with E-state index in [4.69, 9.17) is 5.11 Å². The molecule has 1 atom stereocenters. The molecule has 0 radical (unpaired) electrons. The van der Waals surface area contributed by atoms with Crippen LogP contribution < -0.4 is 0 Å². The SMILES string of the molecule is O=C(O)c1ccc(C2CCCN(C3CC3)C2)cc1. The van der Waals surface area contributed by atoms with E-state index < -0.39 is 5.97 Å². The third-order valence-corrected chi connectivity index (χ3v) is 4.15. The van der Waals surface area contributed by atoms with Crippen LogP contribution in [-0.2, 0) is 0 Å². The molecule has 18 heavy (non-hydrogen) atoms. The Kier molecular flexibility index (Phi) is 3.08. The molecule has 1 aromatic rings. The zero-order valence-electron chi connectivity index (χ0n) is 10.5. The topological polar surface area (TPSA) is 40.5 Å². The molecule has 1 aliphatic heterocycles. The summed E-state index contributed by atoms with van der Waals surface area (Å²) >= 11 is 0. The molecule has 3 heteroatoms. The first kappa shape index (κ1) is 11.7. The molecule has 2 fully saturated rings. The lowest BCUT2D eigenvalue weighted by Gasteiger charge is -2.33. The minimum Gasteiger partial charge on any atom is -0.478 e. The minimum absolute atomic E-state index is 0.383. The first-order chi connectivity index (χ1) is 8.74. The number of hydrogen-bond acceptors (Lipinski definition) is 2. The van der Waals surface area contributed by atoms with Crippen LogP contribution >= 0.6 is 0 Å². The highest BCUT2D eigenvalue weighted by atomic mass is 16.4. The van der Waals surface area contributed by atoms with Crippen LogP contribution in [0.4, 0.5) is 0 Å². The van der Waals surface area contributed by atoms with Crippen molar-refractivity contribution >= 4 is 5.97 Å². The Bertz CT molecular complexity index is 436. The van der Waals surface area contributed by atoms with Crippen LogP contribution in [0.1, 0.15) is 47.5 Å². The number of rotatable bonds is 3. The summed E-state index contributed by atoms with van der Waals surface area (Å²) in [4.78, 5) is 13.4. The van der Waals surface area contributed by atoms with Gasteiger partial charge in [0.2, 0.25) is 0 Å². The average Bonchev–Trinajstić information content (AvgIpc) is 3.23. The van der Waals surface area contributed by atoms with E-state index in [2.05, 4.69) is 4.90 Å². The monoisotopic (exact) mass is 245 g/mol. The van der Waals surface area contributed by atoms with Gasteiger partial charge in [0, 0.05) is 12.6 Å². The summed E-state index contributed by atoms with van der Waals surface area (Å²) < 4.78 is 0. The van der Waals surface area contributed by atoms with E-state index in [0.717, 1.165) is 12.6 Å². The van der Waals surface area contributed by atoms with E-state index in [0.29, 0.717) is 11.5 Å². The highest BCUT2D eigenvalue weighted by molar-refractivity contribution is 5.87. The standard InChI is InChI=1S/C15H19NO2/c17-15(18)12-5-3-11(4-6-12)13-2-1-9-16(10-13)14-7-8-14/h3-6,13-14H,1-2,7-10H2,(H,17,18). The largest absolute Gasteiger partial charge is 0.478 e. The van der Waals surface area contributed by atoms with E-state index in [1.807, 2.05) is 12.1 Å². The number of carboxylic acid groups (broad SMARTS) is 1. The highest BCUT2D eigenvalue weighted by Crippen LogP contribution is 2.34. The summed E-state index contributed by atoms with van der Waals surface area (Å²) in [5.74, 6) is -0.257. The third-order valence-electron chi connectivity index (χ3n) is 4.15. The number of carboxylic acids is 1. The fourth-order valence-corrected chi connectivity index (χ4v) is 2.95. The van der Waals surface area contributed by atoms with Gasteiger partial charge in [-0.25, -0.2) is 4.79 Å². The van der Waals surface area contributed by atoms with Gasteiger partial charge in [-0.2, -0.15) is 0 Å². The summed E-state index contributed by atoms with van der Waals surface area (Å²) in [5, 5.41) is 8.90. The lowest BCUT2D eigenvalue weighted by atomic mass is 9.90. The summed E-state index contributed by atoms with van der Waals surface area (Å²) in [6, 6.07) is 8.28. The minimum atomic E-state index is -0.843. The molecule has 96 valence electrons. The van der Waals surface area contributed by atoms with Crippen LogP contribution in [-0.4, -0.2) is 35.1 Å². The first-order valence-electron chi connectivity index (χ1n) is 6.81. The maximum absolute atomic E-state index is 10.8. The van der Waals surface area contributed by atoms with Gasteiger partial charge in [0.05, 0.1) is 5.56 Å². The molecule has 3 rings (SSSR count). The van der Waals surface area contributed by atoms with Crippen LogP contribution in [0.5, 0.6) is 0 Å². The van der Waals surface area contributed by atoms with Crippen molar-refractivity contribution in [3.63, 3.8) is 0 Å². The van der Waals surface area contributed by atoms with Gasteiger partial charge < -0.3 is 5.11 Å². The van der Waals surface area contributed by atoms with E-state index in [1.165, 1.54) is 37.8 Å². The fraction of sp³-hybridized carbons (Fsp3) is 0.533. The van der Waals surface area contributed by atoms with Crippen LogP contribution in [0.25, 0.3) is 0 Å². The molecule has 1 N–H and O–H groups in total. The summed E-state index contributed by atoms with van der Waals surface area (Å²) in [7, 11) is 0. The van der Waals surface area contributed by atoms with Crippen LogP contribution in [0.2, 0.25) is 0 Å². The second-order valence-corrected chi connectivity index (χ2v) is 5.49. The van der Waals surface area contributed by atoms with Crippen molar-refractivity contribution in [2.75, 3.05) is 13.1 Å². The van der Waals surface area contributed by atoms with Crippen LogP contribution in [0.3, 0.4) is 0 Å². The summed E-state index contributed by atoms with van der Waals surface area (Å²) in [5.41, 5.74) is 1.68. The molecular formula is C15H19NO2. The maximum Gasteiger partial charge on any atom is 0.335 e. The van der Waals surface area contributed by atoms with Crippen molar-refractivity contribution in [1.29, 1.82) is 0 Å². The molecule has 1 aliphatic carbocycles. The van der Waals surface area contributed by atoms with E-state index >= 15 is 0 Å². The van der Waals surface area contributed by atoms with Crippen molar-refractivity contribution < 1.29 is 9.90 Å². The molecule has 0 amide bonds. The van der Waals surface area contributed by atoms with Crippen LogP contribution in [0.15, 0.2) is 24.3 Å². The number of hydrogen-bond donors (Lipinski definition) is 1. The van der Waals surface area contributed by atoms with Crippen LogP contribution in [0, 0.1) is 0 Å². The van der Waals surface area contributed by atoms with Gasteiger partial charge in [-0.3, -0.25) is 4.90 Å². The normalized spacial score (nSPS) is 25.0. The number of benzene rings is 1. The van der Waals surface area contributed by atoms with Gasteiger partial charge in [-0.1, -0.05) is 12.1 Å². The second kappa shape index (κ2) is 4.73. The number of carbonyl (C=O) groups is 1. The van der Waals surface area contributed by atoms with Crippen molar-refractivity contribution in [3.8, 4) is 0 Å². The molecule has 3 nitrogen and oxygen atoms in total. The zero-order valence-corrected chi connectivity index (χ0v) is 10.5. The van der Waals surface area contributed by atoms with Crippen molar-refractivity contribution in [3.05, 3.63) is 35.4 Å². The van der Waals surface area contributed by atoms with Gasteiger partial charge >= 0.3 is 5.97 Å². The average molecular weight is 245 g/mol. The first-order valence-corrected chi connectivity index (χ1v) is 6.81. The lowest BCUT2D eigenvalue weighted by molar-refractivity contribution is 0.0697. The number of piperidine rings is 1. The van der Waals surface area contributed by atoms with Gasteiger partial charge in [0.15, 0.2) is 0 Å². The van der Waals surface area contributed by atoms with Crippen molar-refractivity contribution in [2.24, 2.45) is 0 Å². The van der Waals surface area contributed by atoms with Crippen molar-refractivity contribution in [1.82, 2.24) is 4.90 Å². The molecular weight excluding hydrogens is 226 g/mol. The summed E-state index contributed by atoms with van der Waals surface area (Å²) in [6.07, 6.45) is 5.23. The Labute approximate surface area is 107 Å². The molecule has 1 saturated carbocycles. The molecule has 1 saturated heterocycles. The highest BCUT2D eigenvalue weighted by Gasteiger charge is 2.32. The number of nitrogens with zero attached hydrogens (tertiary/aromatic N) is 1. The lowest BCUT2D eigenvalue weighted by Crippen LogP contribution is -2.35. The van der Waals surface area contributed by atoms with Gasteiger partial charge in [-0.05, 0) is 55.8 Å².